The molecule has 0 bridgehead atoms. The first-order valence-electron chi connectivity index (χ1n) is 6.21. The van der Waals surface area contributed by atoms with Crippen LogP contribution < -0.4 is 0 Å². The molecule has 0 aromatic rings. The Morgan fingerprint density at radius 3 is 1.62 bits per heavy atom. The van der Waals surface area contributed by atoms with E-state index < -0.39 is 26.8 Å². The number of allylic oxidation sites excluding steroid dienone is 8. The molecule has 0 radical (unpaired) electrons. The van der Waals surface area contributed by atoms with Crippen molar-refractivity contribution in [3.05, 3.63) is 42.0 Å². The van der Waals surface area contributed by atoms with Crippen LogP contribution in [0.1, 0.15) is 26.7 Å². The van der Waals surface area contributed by atoms with Crippen molar-refractivity contribution in [1.82, 2.24) is 0 Å². The summed E-state index contributed by atoms with van der Waals surface area (Å²) in [7, 11) is 0. The van der Waals surface area contributed by atoms with E-state index in [1.807, 2.05) is 6.56 Å². The Balaban J connectivity index is 2.33. The summed E-state index contributed by atoms with van der Waals surface area (Å²) >= 11 is -1.40. The third kappa shape index (κ3) is 2.33. The van der Waals surface area contributed by atoms with Crippen LogP contribution in [0, 0.1) is 0 Å². The molecule has 0 aromatic heterocycles. The molecule has 0 saturated carbocycles. The van der Waals surface area contributed by atoms with Crippen LogP contribution in [0.15, 0.2) is 42.0 Å². The molecule has 0 spiro atoms. The van der Waals surface area contributed by atoms with Gasteiger partial charge in [0.2, 0.25) is 0 Å². The van der Waals surface area contributed by atoms with Crippen molar-refractivity contribution in [2.75, 3.05) is 0 Å². The topological polar surface area (TPSA) is 0 Å². The zero-order valence-corrected chi connectivity index (χ0v) is 14.4. The quantitative estimate of drug-likeness (QED) is 0.690. The molecule has 0 atom stereocenters. The molecular weight excluding hydrogens is 287 g/mol. The summed E-state index contributed by atoms with van der Waals surface area (Å²) in [6.07, 6.45) is 12.0. The van der Waals surface area contributed by atoms with Gasteiger partial charge in [-0.1, -0.05) is 0 Å². The summed E-state index contributed by atoms with van der Waals surface area (Å²) in [5.74, 6) is -0.468. The molecular formula is C14H21SiZr. The molecule has 0 N–H and O–H groups in total. The van der Waals surface area contributed by atoms with E-state index in [1.165, 1.54) is 12.8 Å². The summed E-state index contributed by atoms with van der Waals surface area (Å²) in [6, 6.07) is 0. The number of hydrogen-bond acceptors (Lipinski definition) is 0. The Hall–Kier alpha value is 0.0600. The molecule has 0 nitrogen and oxygen atoms in total. The minimum atomic E-state index is -1.40. The van der Waals surface area contributed by atoms with Gasteiger partial charge in [-0.15, -0.1) is 0 Å². The molecule has 16 heavy (non-hydrogen) atoms. The molecule has 0 fully saturated rings. The van der Waals surface area contributed by atoms with Crippen molar-refractivity contribution in [2.45, 2.75) is 39.8 Å². The second kappa shape index (κ2) is 5.14. The molecule has 2 rings (SSSR count). The first-order valence-corrected chi connectivity index (χ1v) is 15.8. The Morgan fingerprint density at radius 1 is 0.938 bits per heavy atom. The van der Waals surface area contributed by atoms with Gasteiger partial charge >= 0.3 is 109 Å². The average Bonchev–Trinajstić information content (AvgIpc) is 2.79. The van der Waals surface area contributed by atoms with Crippen molar-refractivity contribution >= 4 is 5.92 Å². The van der Waals surface area contributed by atoms with E-state index in [9.17, 15) is 0 Å². The van der Waals surface area contributed by atoms with Gasteiger partial charge in [-0.2, -0.15) is 0 Å². The second-order valence-corrected chi connectivity index (χ2v) is 24.3. The van der Waals surface area contributed by atoms with Crippen LogP contribution in [0.3, 0.4) is 0 Å². The minimum absolute atomic E-state index is 0.468. The zero-order chi connectivity index (χ0) is 11.7. The maximum absolute atomic E-state index is 2.58. The summed E-state index contributed by atoms with van der Waals surface area (Å²) in [5, 5.41) is 0. The van der Waals surface area contributed by atoms with Gasteiger partial charge in [-0.25, -0.2) is 0 Å². The van der Waals surface area contributed by atoms with Crippen LogP contribution >= 0.6 is 0 Å². The molecule has 0 saturated heterocycles. The van der Waals surface area contributed by atoms with E-state index >= 15 is 0 Å². The van der Waals surface area contributed by atoms with Gasteiger partial charge in [-0.05, 0) is 0 Å². The van der Waals surface area contributed by atoms with E-state index in [0.717, 1.165) is 0 Å². The first-order chi connectivity index (χ1) is 7.61. The summed E-state index contributed by atoms with van der Waals surface area (Å²) in [4.78, 5) is 0. The van der Waals surface area contributed by atoms with E-state index in [0.29, 0.717) is 0 Å². The first kappa shape index (κ1) is 12.5. The van der Waals surface area contributed by atoms with E-state index in [2.05, 4.69) is 51.2 Å². The molecule has 2 aliphatic rings. The van der Waals surface area contributed by atoms with Crippen molar-refractivity contribution in [3.63, 3.8) is 0 Å². The van der Waals surface area contributed by atoms with Gasteiger partial charge in [0.05, 0.1) is 0 Å². The zero-order valence-electron chi connectivity index (χ0n) is 10.8. The van der Waals surface area contributed by atoms with E-state index in [-0.39, 0.29) is 0 Å². The average molecular weight is 309 g/mol. The van der Waals surface area contributed by atoms with Crippen LogP contribution in [0.2, 0.25) is 13.1 Å². The molecule has 85 valence electrons. The number of hydrogen-bond donors (Lipinski definition) is 0. The van der Waals surface area contributed by atoms with Crippen molar-refractivity contribution < 1.29 is 20.9 Å². The van der Waals surface area contributed by atoms with Crippen LogP contribution in [-0.4, -0.2) is 5.92 Å². The monoisotopic (exact) mass is 307 g/mol. The van der Waals surface area contributed by atoms with Crippen LogP contribution in [0.25, 0.3) is 0 Å². The molecule has 0 aliphatic heterocycles. The van der Waals surface area contributed by atoms with E-state index in [1.54, 1.807) is 11.1 Å². The SMILES string of the molecule is CC1=[C]([Zr]([C]2=C(C)C=CC2)[SiH](C)C)CC=C1. The Bertz CT molecular complexity index is 374. The fraction of sp³-hybridized carbons (Fsp3) is 0.429. The normalized spacial score (nSPS) is 19.6. The second-order valence-electron chi connectivity index (χ2n) is 5.10. The van der Waals surface area contributed by atoms with Crippen LogP contribution in [0.4, 0.5) is 0 Å². The van der Waals surface area contributed by atoms with Crippen molar-refractivity contribution in [3.8, 4) is 0 Å². The predicted octanol–water partition coefficient (Wildman–Crippen LogP) is 4.06. The Morgan fingerprint density at radius 2 is 1.38 bits per heavy atom. The summed E-state index contributed by atoms with van der Waals surface area (Å²) in [5.41, 5.74) is 3.23. The van der Waals surface area contributed by atoms with Gasteiger partial charge in [0.1, 0.15) is 0 Å². The fourth-order valence-corrected chi connectivity index (χ4v) is 23.6. The van der Waals surface area contributed by atoms with Crippen molar-refractivity contribution in [1.29, 1.82) is 0 Å². The summed E-state index contributed by atoms with van der Waals surface area (Å²) in [6.45, 7) is 9.81. The van der Waals surface area contributed by atoms with Crippen molar-refractivity contribution in [2.24, 2.45) is 0 Å². The van der Waals surface area contributed by atoms with Gasteiger partial charge in [-0.3, -0.25) is 0 Å². The fourth-order valence-electron chi connectivity index (χ4n) is 2.75. The third-order valence-corrected chi connectivity index (χ3v) is 23.5. The molecule has 2 heteroatoms. The Kier molecular flexibility index (Phi) is 4.02. The van der Waals surface area contributed by atoms with Gasteiger partial charge in [0.15, 0.2) is 0 Å². The third-order valence-electron chi connectivity index (χ3n) is 3.56. The summed E-state index contributed by atoms with van der Waals surface area (Å²) < 4.78 is 3.81. The predicted molar refractivity (Wildman–Crippen MR) is 71.8 cm³/mol. The molecule has 0 unspecified atom stereocenters. The maximum atomic E-state index is 2.58. The Labute approximate surface area is 108 Å². The molecule has 0 aromatic carbocycles. The number of rotatable bonds is 3. The van der Waals surface area contributed by atoms with E-state index in [4.69, 9.17) is 0 Å². The molecule has 2 aliphatic carbocycles. The van der Waals surface area contributed by atoms with Crippen LogP contribution in [0.5, 0.6) is 0 Å². The van der Waals surface area contributed by atoms with Gasteiger partial charge < -0.3 is 0 Å². The molecule has 0 heterocycles. The standard InChI is InChI=1S/2C6H7.C2H7Si.Zr/c2*1-6-4-2-3-5-6;1-3-2;/h2*2,4H,3H2,1H3;3H,1-2H3;. The van der Waals surface area contributed by atoms with Crippen LogP contribution in [-0.2, 0) is 20.9 Å². The molecule has 0 amide bonds. The van der Waals surface area contributed by atoms with Gasteiger partial charge in [0.25, 0.3) is 0 Å². The van der Waals surface area contributed by atoms with Gasteiger partial charge in [0, 0.05) is 0 Å².